The molecule has 1 heterocycles. The second-order valence-corrected chi connectivity index (χ2v) is 6.19. The third kappa shape index (κ3) is 1.82. The number of benzene rings is 1. The Labute approximate surface area is 95.0 Å². The number of hydrogen-bond donors (Lipinski definition) is 0. The van der Waals surface area contributed by atoms with Crippen LogP contribution in [-0.2, 0) is 22.8 Å². The minimum atomic E-state index is -3.03. The van der Waals surface area contributed by atoms with Crippen LogP contribution in [0.25, 0.3) is 11.0 Å². The van der Waals surface area contributed by atoms with Gasteiger partial charge in [0.2, 0.25) is 0 Å². The average molecular weight is 239 g/mol. The van der Waals surface area contributed by atoms with Crippen molar-refractivity contribution >= 4 is 20.9 Å². The summed E-state index contributed by atoms with van der Waals surface area (Å²) >= 11 is 0. The molecule has 0 spiro atoms. The monoisotopic (exact) mass is 239 g/mol. The van der Waals surface area contributed by atoms with Gasteiger partial charge in [0.15, 0.2) is 26.7 Å². The Morgan fingerprint density at radius 2 is 1.94 bits per heavy atom. The first-order valence-corrected chi connectivity index (χ1v) is 7.08. The molecular weight excluding hydrogens is 224 g/mol. The molecule has 0 aliphatic rings. The van der Waals surface area contributed by atoms with E-state index in [1.165, 1.54) is 6.26 Å². The molecule has 0 saturated carbocycles. The van der Waals surface area contributed by atoms with E-state index >= 15 is 0 Å². The third-order valence-corrected chi connectivity index (χ3v) is 3.50. The van der Waals surface area contributed by atoms with E-state index in [4.69, 9.17) is 0 Å². The lowest BCUT2D eigenvalue weighted by molar-refractivity contribution is -0.652. The molecular formula is C11H15N2O2S+. The SMILES string of the molecule is Cc1n(CS(C)(=O)=O)c2ccccc2[n+]1C. The van der Waals surface area contributed by atoms with Crippen LogP contribution in [-0.4, -0.2) is 19.2 Å². The van der Waals surface area contributed by atoms with Crippen LogP contribution in [0, 0.1) is 6.92 Å². The molecule has 16 heavy (non-hydrogen) atoms. The fourth-order valence-corrected chi connectivity index (χ4v) is 2.70. The summed E-state index contributed by atoms with van der Waals surface area (Å²) in [6.07, 6.45) is 1.25. The summed E-state index contributed by atoms with van der Waals surface area (Å²) in [4.78, 5) is 0. The molecule has 0 amide bonds. The highest BCUT2D eigenvalue weighted by Gasteiger charge is 2.21. The van der Waals surface area contributed by atoms with Crippen molar-refractivity contribution in [3.63, 3.8) is 0 Å². The van der Waals surface area contributed by atoms with E-state index in [0.717, 1.165) is 16.9 Å². The molecule has 2 aromatic rings. The van der Waals surface area contributed by atoms with Gasteiger partial charge in [-0.15, -0.1) is 0 Å². The minimum absolute atomic E-state index is 0.0280. The van der Waals surface area contributed by atoms with Crippen molar-refractivity contribution in [1.29, 1.82) is 0 Å². The Hall–Kier alpha value is -1.36. The predicted molar refractivity (Wildman–Crippen MR) is 62.7 cm³/mol. The summed E-state index contributed by atoms with van der Waals surface area (Å²) < 4.78 is 26.6. The van der Waals surface area contributed by atoms with Gasteiger partial charge in [0.1, 0.15) is 0 Å². The molecule has 0 aliphatic carbocycles. The summed E-state index contributed by atoms with van der Waals surface area (Å²) in [5.74, 6) is 0.965. The van der Waals surface area contributed by atoms with Gasteiger partial charge >= 0.3 is 0 Å². The number of imidazole rings is 1. The van der Waals surface area contributed by atoms with Crippen LogP contribution in [0.4, 0.5) is 0 Å². The van der Waals surface area contributed by atoms with E-state index in [0.29, 0.717) is 0 Å². The van der Waals surface area contributed by atoms with Gasteiger partial charge in [-0.2, -0.15) is 0 Å². The predicted octanol–water partition coefficient (Wildman–Crippen LogP) is 0.776. The first-order valence-electron chi connectivity index (χ1n) is 5.02. The summed E-state index contributed by atoms with van der Waals surface area (Å²) in [5, 5.41) is 0. The number of fused-ring (bicyclic) bond motifs is 1. The van der Waals surface area contributed by atoms with Crippen molar-refractivity contribution in [1.82, 2.24) is 4.57 Å². The fraction of sp³-hybridized carbons (Fsp3) is 0.364. The van der Waals surface area contributed by atoms with Crippen molar-refractivity contribution in [2.24, 2.45) is 7.05 Å². The average Bonchev–Trinajstić information content (AvgIpc) is 2.43. The summed E-state index contributed by atoms with van der Waals surface area (Å²) in [5.41, 5.74) is 2.00. The Kier molecular flexibility index (Phi) is 2.50. The summed E-state index contributed by atoms with van der Waals surface area (Å²) in [6, 6.07) is 7.79. The molecule has 5 heteroatoms. The van der Waals surface area contributed by atoms with Gasteiger partial charge in [-0.25, -0.2) is 17.6 Å². The van der Waals surface area contributed by atoms with E-state index in [-0.39, 0.29) is 5.88 Å². The van der Waals surface area contributed by atoms with Gasteiger partial charge in [-0.05, 0) is 12.1 Å². The molecule has 2 rings (SSSR count). The van der Waals surface area contributed by atoms with E-state index < -0.39 is 9.84 Å². The van der Waals surface area contributed by atoms with Crippen molar-refractivity contribution in [3.05, 3.63) is 30.1 Å². The van der Waals surface area contributed by atoms with E-state index in [2.05, 4.69) is 0 Å². The van der Waals surface area contributed by atoms with Crippen LogP contribution in [0.1, 0.15) is 5.82 Å². The third-order valence-electron chi connectivity index (χ3n) is 2.77. The Bertz CT molecular complexity index is 641. The zero-order valence-corrected chi connectivity index (χ0v) is 10.5. The highest BCUT2D eigenvalue weighted by atomic mass is 32.2. The van der Waals surface area contributed by atoms with Gasteiger partial charge < -0.3 is 0 Å². The summed E-state index contributed by atoms with van der Waals surface area (Å²) in [6.45, 7) is 1.92. The fourth-order valence-electron chi connectivity index (χ4n) is 1.90. The number of aromatic nitrogens is 2. The first-order chi connectivity index (χ1) is 7.40. The van der Waals surface area contributed by atoms with Crippen LogP contribution in [0.2, 0.25) is 0 Å². The zero-order valence-electron chi connectivity index (χ0n) is 9.64. The highest BCUT2D eigenvalue weighted by Crippen LogP contribution is 2.14. The van der Waals surface area contributed by atoms with Crippen molar-refractivity contribution in [3.8, 4) is 0 Å². The van der Waals surface area contributed by atoms with E-state index in [9.17, 15) is 8.42 Å². The molecule has 0 aliphatic heterocycles. The van der Waals surface area contributed by atoms with E-state index in [1.807, 2.05) is 47.4 Å². The van der Waals surface area contributed by atoms with Crippen molar-refractivity contribution in [2.45, 2.75) is 12.8 Å². The second-order valence-electron chi connectivity index (χ2n) is 4.08. The standard InChI is InChI=1S/C11H15N2O2S/c1-9-12(2)10-6-4-5-7-11(10)13(9)8-16(3,14)15/h4-7H,8H2,1-3H3/q+1. The smallest absolute Gasteiger partial charge is 0.230 e. The summed E-state index contributed by atoms with van der Waals surface area (Å²) in [7, 11) is -1.09. The molecule has 0 radical (unpaired) electrons. The van der Waals surface area contributed by atoms with Gasteiger partial charge in [-0.3, -0.25) is 0 Å². The lowest BCUT2D eigenvalue weighted by Crippen LogP contribution is -2.31. The highest BCUT2D eigenvalue weighted by molar-refractivity contribution is 7.89. The van der Waals surface area contributed by atoms with Gasteiger partial charge in [0, 0.05) is 13.2 Å². The van der Waals surface area contributed by atoms with Crippen LogP contribution >= 0.6 is 0 Å². The lowest BCUT2D eigenvalue weighted by atomic mass is 10.3. The molecule has 1 aromatic heterocycles. The Morgan fingerprint density at radius 1 is 1.31 bits per heavy atom. The van der Waals surface area contributed by atoms with Crippen LogP contribution in [0.5, 0.6) is 0 Å². The quantitative estimate of drug-likeness (QED) is 0.727. The molecule has 4 nitrogen and oxygen atoms in total. The van der Waals surface area contributed by atoms with Gasteiger partial charge in [-0.1, -0.05) is 12.1 Å². The van der Waals surface area contributed by atoms with Crippen LogP contribution in [0.3, 0.4) is 0 Å². The number of para-hydroxylation sites is 2. The molecule has 0 bridgehead atoms. The number of rotatable bonds is 2. The molecule has 1 aromatic carbocycles. The van der Waals surface area contributed by atoms with Crippen LogP contribution in [0.15, 0.2) is 24.3 Å². The molecule has 0 unspecified atom stereocenters. The minimum Gasteiger partial charge on any atom is -0.230 e. The Balaban J connectivity index is 2.74. The maximum atomic E-state index is 11.4. The van der Waals surface area contributed by atoms with Crippen molar-refractivity contribution < 1.29 is 13.0 Å². The Morgan fingerprint density at radius 3 is 2.56 bits per heavy atom. The maximum Gasteiger partial charge on any atom is 0.254 e. The van der Waals surface area contributed by atoms with Crippen molar-refractivity contribution in [2.75, 3.05) is 6.26 Å². The number of sulfone groups is 1. The second kappa shape index (κ2) is 3.59. The molecule has 0 fully saturated rings. The molecule has 0 N–H and O–H groups in total. The number of hydrogen-bond acceptors (Lipinski definition) is 2. The topological polar surface area (TPSA) is 43.0 Å². The number of aryl methyl sites for hydroxylation is 1. The zero-order chi connectivity index (χ0) is 11.9. The maximum absolute atomic E-state index is 11.4. The largest absolute Gasteiger partial charge is 0.254 e. The molecule has 0 saturated heterocycles. The number of nitrogens with zero attached hydrogens (tertiary/aromatic N) is 2. The normalized spacial score (nSPS) is 12.2. The van der Waals surface area contributed by atoms with Gasteiger partial charge in [0.05, 0.1) is 7.05 Å². The van der Waals surface area contributed by atoms with Gasteiger partial charge in [0.25, 0.3) is 5.82 Å². The molecule has 86 valence electrons. The van der Waals surface area contributed by atoms with E-state index in [1.54, 1.807) is 0 Å². The molecule has 0 atom stereocenters. The van der Waals surface area contributed by atoms with Crippen LogP contribution < -0.4 is 4.57 Å². The lowest BCUT2D eigenvalue weighted by Gasteiger charge is -1.97. The first kappa shape index (κ1) is 11.1.